The average Bonchev–Trinajstić information content (AvgIpc) is 3.36. The van der Waals surface area contributed by atoms with Gasteiger partial charge in [-0.25, -0.2) is 16.8 Å². The number of nitrogens with one attached hydrogen (secondary N) is 1. The number of benzene rings is 2. The number of hydrogen-bond acceptors (Lipinski definition) is 9. The summed E-state index contributed by atoms with van der Waals surface area (Å²) >= 11 is 0. The predicted octanol–water partition coefficient (Wildman–Crippen LogP) is 2.90. The molecule has 2 N–H and O–H groups in total. The lowest BCUT2D eigenvalue weighted by molar-refractivity contribution is -0.0312. The number of fused-ring (bicyclic) bond motifs is 1. The number of ether oxygens (including phenoxy) is 2. The normalized spacial score (nSPS) is 22.3. The van der Waals surface area contributed by atoms with Crippen LogP contribution in [-0.2, 0) is 24.6 Å². The maximum atomic E-state index is 13.3. The number of aliphatic hydroxyl groups excluding tert-OH is 1. The van der Waals surface area contributed by atoms with Crippen LogP contribution in [0.5, 0.6) is 5.75 Å². The van der Waals surface area contributed by atoms with Crippen LogP contribution in [0.3, 0.4) is 0 Å². The molecule has 1 aromatic heterocycles. The number of piperidine rings is 1. The molecule has 1 saturated carbocycles. The van der Waals surface area contributed by atoms with Crippen molar-refractivity contribution in [3.8, 4) is 5.75 Å². The van der Waals surface area contributed by atoms with E-state index < -0.39 is 26.0 Å². The Morgan fingerprint density at radius 2 is 1.86 bits per heavy atom. The van der Waals surface area contributed by atoms with Crippen molar-refractivity contribution in [3.05, 3.63) is 60.8 Å². The summed E-state index contributed by atoms with van der Waals surface area (Å²) in [6.45, 7) is 1.56. The highest BCUT2D eigenvalue weighted by atomic mass is 32.2. The molecule has 3 fully saturated rings. The minimum Gasteiger partial charge on any atom is -0.491 e. The Balaban J connectivity index is 0.967. The second-order valence-electron chi connectivity index (χ2n) is 11.6. The molecular formula is C30H37N3O7S2. The fraction of sp³-hybridized carbons (Fsp3) is 0.500. The number of hydrogen-bond donors (Lipinski definition) is 2. The zero-order valence-corrected chi connectivity index (χ0v) is 25.0. The highest BCUT2D eigenvalue weighted by Crippen LogP contribution is 2.38. The van der Waals surface area contributed by atoms with Crippen molar-refractivity contribution in [1.29, 1.82) is 0 Å². The van der Waals surface area contributed by atoms with Crippen LogP contribution in [0.1, 0.15) is 38.5 Å². The minimum absolute atomic E-state index is 0.0241. The summed E-state index contributed by atoms with van der Waals surface area (Å²) in [5, 5.41) is 14.3. The molecule has 3 aliphatic rings. The van der Waals surface area contributed by atoms with Crippen molar-refractivity contribution in [2.75, 3.05) is 32.8 Å². The Morgan fingerprint density at radius 3 is 2.62 bits per heavy atom. The van der Waals surface area contributed by atoms with Gasteiger partial charge in [-0.1, -0.05) is 18.6 Å². The van der Waals surface area contributed by atoms with Crippen LogP contribution in [-0.4, -0.2) is 87.1 Å². The second kappa shape index (κ2) is 11.8. The second-order valence-corrected chi connectivity index (χ2v) is 15.8. The van der Waals surface area contributed by atoms with Crippen molar-refractivity contribution < 1.29 is 31.4 Å². The maximum Gasteiger partial charge on any atom is 0.243 e. The molecule has 0 amide bonds. The summed E-state index contributed by atoms with van der Waals surface area (Å²) in [6.07, 6.45) is 5.17. The van der Waals surface area contributed by atoms with Crippen molar-refractivity contribution in [2.45, 2.75) is 71.3 Å². The Morgan fingerprint density at radius 1 is 1.05 bits per heavy atom. The average molecular weight is 616 g/mol. The third kappa shape index (κ3) is 6.06. The van der Waals surface area contributed by atoms with Gasteiger partial charge in [0.1, 0.15) is 18.5 Å². The lowest BCUT2D eigenvalue weighted by atomic mass is 9.88. The molecule has 42 heavy (non-hydrogen) atoms. The van der Waals surface area contributed by atoms with E-state index in [1.54, 1.807) is 48.7 Å². The van der Waals surface area contributed by atoms with E-state index in [1.165, 1.54) is 10.4 Å². The molecule has 226 valence electrons. The molecule has 12 heteroatoms. The van der Waals surface area contributed by atoms with E-state index in [9.17, 15) is 21.9 Å². The topological polar surface area (TPSA) is 135 Å². The van der Waals surface area contributed by atoms with Gasteiger partial charge < -0.3 is 19.9 Å². The van der Waals surface area contributed by atoms with Crippen LogP contribution < -0.4 is 10.1 Å². The van der Waals surface area contributed by atoms with Gasteiger partial charge in [0.25, 0.3) is 0 Å². The van der Waals surface area contributed by atoms with Gasteiger partial charge in [-0.15, -0.1) is 0 Å². The lowest BCUT2D eigenvalue weighted by Crippen LogP contribution is -2.47. The van der Waals surface area contributed by atoms with E-state index in [-0.39, 0.29) is 33.3 Å². The summed E-state index contributed by atoms with van der Waals surface area (Å²) in [6, 6.07) is 15.2. The molecule has 6 rings (SSSR count). The van der Waals surface area contributed by atoms with Crippen LogP contribution >= 0.6 is 0 Å². The molecule has 1 spiro atoms. The highest BCUT2D eigenvalue weighted by Gasteiger charge is 2.44. The summed E-state index contributed by atoms with van der Waals surface area (Å²) in [7, 11) is -6.96. The van der Waals surface area contributed by atoms with Crippen molar-refractivity contribution in [2.24, 2.45) is 0 Å². The van der Waals surface area contributed by atoms with Crippen LogP contribution in [0.25, 0.3) is 10.9 Å². The number of rotatable bonds is 10. The molecule has 1 aliphatic carbocycles. The lowest BCUT2D eigenvalue weighted by Gasteiger charge is -2.38. The largest absolute Gasteiger partial charge is 0.491 e. The van der Waals surface area contributed by atoms with Crippen molar-refractivity contribution in [1.82, 2.24) is 14.6 Å². The number of aromatic nitrogens is 1. The fourth-order valence-corrected chi connectivity index (χ4v) is 9.35. The molecule has 0 unspecified atom stereocenters. The van der Waals surface area contributed by atoms with Gasteiger partial charge in [-0.3, -0.25) is 4.98 Å². The number of pyridine rings is 1. The Kier molecular flexibility index (Phi) is 8.29. The number of nitrogens with zero attached hydrogens (tertiary/aromatic N) is 2. The Hall–Kier alpha value is -2.61. The van der Waals surface area contributed by atoms with Crippen LogP contribution in [0.2, 0.25) is 0 Å². The maximum absolute atomic E-state index is 13.3. The van der Waals surface area contributed by atoms with Gasteiger partial charge in [-0.2, -0.15) is 4.31 Å². The molecule has 3 aromatic rings. The fourth-order valence-electron chi connectivity index (χ4n) is 5.99. The molecule has 2 aromatic carbocycles. The van der Waals surface area contributed by atoms with Gasteiger partial charge in [0, 0.05) is 37.3 Å². The van der Waals surface area contributed by atoms with Crippen LogP contribution in [0.15, 0.2) is 70.6 Å². The number of sulfonamides is 1. The van der Waals surface area contributed by atoms with E-state index in [0.29, 0.717) is 57.7 Å². The van der Waals surface area contributed by atoms with E-state index in [0.717, 1.165) is 23.7 Å². The first-order valence-electron chi connectivity index (χ1n) is 14.5. The van der Waals surface area contributed by atoms with Gasteiger partial charge in [-0.05, 0) is 74.6 Å². The van der Waals surface area contributed by atoms with Crippen LogP contribution in [0, 0.1) is 0 Å². The summed E-state index contributed by atoms with van der Waals surface area (Å²) < 4.78 is 65.5. The molecule has 0 radical (unpaired) electrons. The number of aliphatic hydroxyl groups is 1. The number of sulfone groups is 1. The predicted molar refractivity (Wildman–Crippen MR) is 158 cm³/mol. The molecule has 2 saturated heterocycles. The SMILES string of the molecule is O=S(=O)(c1cccc(OC[C@@H](O)CN[C@H]2COC3(CCN(S(=O)(=O)c4ccc5ncccc5c4)CC3)C2)c1)C1CCC1. The van der Waals surface area contributed by atoms with E-state index in [2.05, 4.69) is 10.3 Å². The van der Waals surface area contributed by atoms with E-state index >= 15 is 0 Å². The monoisotopic (exact) mass is 615 g/mol. The summed E-state index contributed by atoms with van der Waals surface area (Å²) in [4.78, 5) is 4.80. The first kappa shape index (κ1) is 29.5. The molecule has 2 aliphatic heterocycles. The van der Waals surface area contributed by atoms with Gasteiger partial charge >= 0.3 is 0 Å². The molecule has 3 heterocycles. The molecule has 2 atom stereocenters. The molecule has 10 nitrogen and oxygen atoms in total. The quantitative estimate of drug-likeness (QED) is 0.353. The summed E-state index contributed by atoms with van der Waals surface area (Å²) in [5.41, 5.74) is 0.373. The highest BCUT2D eigenvalue weighted by molar-refractivity contribution is 7.92. The van der Waals surface area contributed by atoms with E-state index in [4.69, 9.17) is 9.47 Å². The van der Waals surface area contributed by atoms with Crippen LogP contribution in [0.4, 0.5) is 0 Å². The smallest absolute Gasteiger partial charge is 0.243 e. The van der Waals surface area contributed by atoms with E-state index in [1.807, 2.05) is 6.07 Å². The zero-order chi connectivity index (χ0) is 29.4. The van der Waals surface area contributed by atoms with Gasteiger partial charge in [0.2, 0.25) is 10.0 Å². The first-order valence-corrected chi connectivity index (χ1v) is 17.5. The van der Waals surface area contributed by atoms with Gasteiger partial charge in [0.05, 0.1) is 32.8 Å². The molecular weight excluding hydrogens is 578 g/mol. The zero-order valence-electron chi connectivity index (χ0n) is 23.4. The van der Waals surface area contributed by atoms with Gasteiger partial charge in [0.15, 0.2) is 9.84 Å². The standard InChI is InChI=1S/C30H37N3O7S2/c34-24(21-39-25-5-1-8-27(17-25)41(35,36)26-6-2-7-26)19-32-23-18-30(40-20-23)11-14-33(15-12-30)42(37,38)28-9-10-29-22(16-28)4-3-13-31-29/h1,3-5,8-10,13,16-17,23-24,26,32,34H,2,6-7,11-12,14-15,18-21H2/t23-,24+/m1/s1. The Bertz CT molecular complexity index is 1640. The van der Waals surface area contributed by atoms with Crippen molar-refractivity contribution >= 4 is 30.8 Å². The summed E-state index contributed by atoms with van der Waals surface area (Å²) in [5.74, 6) is 0.416. The van der Waals surface area contributed by atoms with Crippen molar-refractivity contribution in [3.63, 3.8) is 0 Å². The first-order chi connectivity index (χ1) is 20.1. The molecule has 0 bridgehead atoms. The third-order valence-electron chi connectivity index (χ3n) is 8.76. The minimum atomic E-state index is -3.62. The Labute approximate surface area is 247 Å². The third-order valence-corrected chi connectivity index (χ3v) is 12.9.